The van der Waals surface area contributed by atoms with Crippen LogP contribution < -0.4 is 0 Å². The zero-order valence-electron chi connectivity index (χ0n) is 12.8. The average Bonchev–Trinajstić information content (AvgIpc) is 3.00. The smallest absolute Gasteiger partial charge is 0.255 e. The van der Waals surface area contributed by atoms with Crippen LogP contribution in [0.15, 0.2) is 12.3 Å². The molecule has 2 fully saturated rings. The summed E-state index contributed by atoms with van der Waals surface area (Å²) in [6.45, 7) is 3.85. The lowest BCUT2D eigenvalue weighted by molar-refractivity contribution is -0.158. The Bertz CT molecular complexity index is 595. The molecular weight excluding hydrogens is 270 g/mol. The largest absolute Gasteiger partial charge is 0.361 e. The molecule has 0 saturated carbocycles. The van der Waals surface area contributed by atoms with Crippen LogP contribution in [0.2, 0.25) is 0 Å². The number of hydrogen-bond acceptors (Lipinski definition) is 3. The standard InChI is InChI=1S/C15H21N3O3/c1-11-12(4-6-16(11)2)14(20)18-7-5-15(10-18)9-17(3)13(19)8-21-15/h4,6H,5,7-10H2,1-3H3. The van der Waals surface area contributed by atoms with Gasteiger partial charge < -0.3 is 19.1 Å². The highest BCUT2D eigenvalue weighted by atomic mass is 16.5. The van der Waals surface area contributed by atoms with Crippen molar-refractivity contribution in [1.82, 2.24) is 14.4 Å². The molecule has 2 amide bonds. The molecular formula is C15H21N3O3. The van der Waals surface area contributed by atoms with Crippen molar-refractivity contribution in [3.05, 3.63) is 23.5 Å². The zero-order chi connectivity index (χ0) is 15.2. The van der Waals surface area contributed by atoms with Crippen molar-refractivity contribution in [2.75, 3.05) is 33.3 Å². The second-order valence-electron chi connectivity index (χ2n) is 6.12. The van der Waals surface area contributed by atoms with Gasteiger partial charge in [0.15, 0.2) is 0 Å². The third-order valence-corrected chi connectivity index (χ3v) is 4.67. The molecule has 2 aliphatic rings. The molecule has 1 unspecified atom stereocenters. The molecule has 0 aromatic carbocycles. The van der Waals surface area contributed by atoms with E-state index in [2.05, 4.69) is 0 Å². The minimum Gasteiger partial charge on any atom is -0.361 e. The number of carbonyl (C=O) groups is 2. The molecule has 6 nitrogen and oxygen atoms in total. The van der Waals surface area contributed by atoms with E-state index in [-0.39, 0.29) is 24.0 Å². The Hall–Kier alpha value is -1.82. The molecule has 1 aromatic rings. The summed E-state index contributed by atoms with van der Waals surface area (Å²) in [6.07, 6.45) is 2.68. The van der Waals surface area contributed by atoms with E-state index in [0.717, 1.165) is 17.7 Å². The van der Waals surface area contributed by atoms with Crippen LogP contribution in [0.1, 0.15) is 22.5 Å². The normalized spacial score (nSPS) is 26.0. The first-order valence-corrected chi connectivity index (χ1v) is 7.21. The Balaban J connectivity index is 1.74. The fourth-order valence-corrected chi connectivity index (χ4v) is 3.16. The second-order valence-corrected chi connectivity index (χ2v) is 6.12. The maximum Gasteiger partial charge on any atom is 0.255 e. The van der Waals surface area contributed by atoms with Crippen LogP contribution in [0.3, 0.4) is 0 Å². The fourth-order valence-electron chi connectivity index (χ4n) is 3.16. The van der Waals surface area contributed by atoms with Gasteiger partial charge in [-0.2, -0.15) is 0 Å². The first kappa shape index (κ1) is 14.1. The summed E-state index contributed by atoms with van der Waals surface area (Å²) >= 11 is 0. The molecule has 0 N–H and O–H groups in total. The van der Waals surface area contributed by atoms with Crippen molar-refractivity contribution in [1.29, 1.82) is 0 Å². The van der Waals surface area contributed by atoms with Crippen LogP contribution in [0.4, 0.5) is 0 Å². The SMILES string of the molecule is Cc1c(C(=O)N2CCC3(CN(C)C(=O)CO3)C2)ccn1C. The van der Waals surface area contributed by atoms with Crippen molar-refractivity contribution in [3.63, 3.8) is 0 Å². The van der Waals surface area contributed by atoms with Crippen molar-refractivity contribution in [2.24, 2.45) is 7.05 Å². The molecule has 21 heavy (non-hydrogen) atoms. The van der Waals surface area contributed by atoms with Crippen molar-refractivity contribution >= 4 is 11.8 Å². The van der Waals surface area contributed by atoms with Gasteiger partial charge in [0.05, 0.1) is 18.7 Å². The third-order valence-electron chi connectivity index (χ3n) is 4.67. The van der Waals surface area contributed by atoms with Crippen LogP contribution in [0, 0.1) is 6.92 Å². The molecule has 2 aliphatic heterocycles. The van der Waals surface area contributed by atoms with Crippen molar-refractivity contribution in [3.8, 4) is 0 Å². The van der Waals surface area contributed by atoms with E-state index in [4.69, 9.17) is 4.74 Å². The van der Waals surface area contributed by atoms with Crippen LogP contribution in [-0.2, 0) is 16.6 Å². The Kier molecular flexibility index (Phi) is 3.28. The maximum atomic E-state index is 12.6. The molecule has 1 aromatic heterocycles. The predicted octanol–water partition coefficient (Wildman–Crippen LogP) is 0.407. The number of aryl methyl sites for hydroxylation is 1. The lowest BCUT2D eigenvalue weighted by Gasteiger charge is -2.38. The van der Waals surface area contributed by atoms with Crippen LogP contribution in [0.5, 0.6) is 0 Å². The summed E-state index contributed by atoms with van der Waals surface area (Å²) in [7, 11) is 3.72. The number of aromatic nitrogens is 1. The molecule has 3 heterocycles. The number of morpholine rings is 1. The third kappa shape index (κ3) is 2.33. The molecule has 114 valence electrons. The summed E-state index contributed by atoms with van der Waals surface area (Å²) in [5.74, 6) is 0.0532. The number of ether oxygens (including phenoxy) is 1. The zero-order valence-corrected chi connectivity index (χ0v) is 12.8. The fraction of sp³-hybridized carbons (Fsp3) is 0.600. The van der Waals surface area contributed by atoms with E-state index < -0.39 is 0 Å². The number of amides is 2. The number of nitrogens with zero attached hydrogens (tertiary/aromatic N) is 3. The number of rotatable bonds is 1. The second kappa shape index (κ2) is 4.87. The van der Waals surface area contributed by atoms with Crippen LogP contribution in [0.25, 0.3) is 0 Å². The van der Waals surface area contributed by atoms with Gasteiger partial charge in [0.1, 0.15) is 12.2 Å². The monoisotopic (exact) mass is 291 g/mol. The predicted molar refractivity (Wildman–Crippen MR) is 77.0 cm³/mol. The molecule has 0 radical (unpaired) electrons. The first-order chi connectivity index (χ1) is 9.92. The van der Waals surface area contributed by atoms with E-state index in [0.29, 0.717) is 19.6 Å². The highest BCUT2D eigenvalue weighted by Gasteiger charge is 2.45. The van der Waals surface area contributed by atoms with Crippen LogP contribution >= 0.6 is 0 Å². The first-order valence-electron chi connectivity index (χ1n) is 7.21. The molecule has 1 spiro atoms. The van der Waals surface area contributed by atoms with Gasteiger partial charge in [0, 0.05) is 32.5 Å². The minimum absolute atomic E-state index is 0.00399. The van der Waals surface area contributed by atoms with Gasteiger partial charge in [-0.1, -0.05) is 0 Å². The van der Waals surface area contributed by atoms with E-state index in [9.17, 15) is 9.59 Å². The quantitative estimate of drug-likeness (QED) is 0.753. The summed E-state index contributed by atoms with van der Waals surface area (Å²) in [4.78, 5) is 27.7. The summed E-state index contributed by atoms with van der Waals surface area (Å²) in [6, 6.07) is 1.86. The number of carbonyl (C=O) groups excluding carboxylic acids is 2. The minimum atomic E-state index is -0.388. The number of likely N-dealkylation sites (N-methyl/N-ethyl adjacent to an activating group) is 1. The molecule has 2 saturated heterocycles. The highest BCUT2D eigenvalue weighted by molar-refractivity contribution is 5.95. The van der Waals surface area contributed by atoms with E-state index >= 15 is 0 Å². The molecule has 1 atom stereocenters. The Morgan fingerprint density at radius 2 is 2.10 bits per heavy atom. The van der Waals surface area contributed by atoms with Gasteiger partial charge >= 0.3 is 0 Å². The van der Waals surface area contributed by atoms with Gasteiger partial charge in [-0.05, 0) is 19.4 Å². The van der Waals surface area contributed by atoms with Gasteiger partial charge in [-0.25, -0.2) is 0 Å². The summed E-state index contributed by atoms with van der Waals surface area (Å²) in [5.41, 5.74) is 1.33. The number of likely N-dealkylation sites (tertiary alicyclic amines) is 1. The van der Waals surface area contributed by atoms with Crippen molar-refractivity contribution in [2.45, 2.75) is 18.9 Å². The van der Waals surface area contributed by atoms with Crippen molar-refractivity contribution < 1.29 is 14.3 Å². The Labute approximate surface area is 124 Å². The van der Waals surface area contributed by atoms with Gasteiger partial charge in [0.2, 0.25) is 5.91 Å². The maximum absolute atomic E-state index is 12.6. The van der Waals surface area contributed by atoms with Gasteiger partial charge in [0.25, 0.3) is 5.91 Å². The lowest BCUT2D eigenvalue weighted by atomic mass is 10.0. The molecule has 0 bridgehead atoms. The topological polar surface area (TPSA) is 54.8 Å². The summed E-state index contributed by atoms with van der Waals surface area (Å²) in [5, 5.41) is 0. The molecule has 0 aliphatic carbocycles. The average molecular weight is 291 g/mol. The van der Waals surface area contributed by atoms with E-state index in [1.54, 1.807) is 11.9 Å². The Morgan fingerprint density at radius 1 is 1.33 bits per heavy atom. The van der Waals surface area contributed by atoms with Gasteiger partial charge in [-0.15, -0.1) is 0 Å². The number of hydrogen-bond donors (Lipinski definition) is 0. The van der Waals surface area contributed by atoms with Crippen LogP contribution in [-0.4, -0.2) is 65.1 Å². The molecule has 3 rings (SSSR count). The Morgan fingerprint density at radius 3 is 2.71 bits per heavy atom. The van der Waals surface area contributed by atoms with E-state index in [1.165, 1.54) is 0 Å². The van der Waals surface area contributed by atoms with Gasteiger partial charge in [-0.3, -0.25) is 9.59 Å². The van der Waals surface area contributed by atoms with E-state index in [1.807, 2.05) is 35.7 Å². The summed E-state index contributed by atoms with van der Waals surface area (Å²) < 4.78 is 7.72. The lowest BCUT2D eigenvalue weighted by Crippen LogP contribution is -2.54. The highest BCUT2D eigenvalue weighted by Crippen LogP contribution is 2.30. The molecule has 6 heteroatoms.